The third kappa shape index (κ3) is 7.10. The number of carbonyl (C=O) groups excluding carboxylic acids is 2. The molecule has 0 saturated carbocycles. The lowest BCUT2D eigenvalue weighted by Gasteiger charge is -2.15. The van der Waals surface area contributed by atoms with Gasteiger partial charge < -0.3 is 16.4 Å². The first-order valence-electron chi connectivity index (χ1n) is 8.79. The zero-order valence-corrected chi connectivity index (χ0v) is 16.8. The third-order valence-electron chi connectivity index (χ3n) is 4.14. The maximum Gasteiger partial charge on any atom is 0.253 e. The number of para-hydroxylation sites is 1. The van der Waals surface area contributed by atoms with E-state index in [1.54, 1.807) is 24.3 Å². The molecule has 1 saturated heterocycles. The van der Waals surface area contributed by atoms with Gasteiger partial charge >= 0.3 is 0 Å². The van der Waals surface area contributed by atoms with Crippen LogP contribution in [-0.2, 0) is 14.8 Å². The van der Waals surface area contributed by atoms with Gasteiger partial charge in [0.1, 0.15) is 0 Å². The number of hydrogen-bond acceptors (Lipinski definition) is 5. The highest BCUT2D eigenvalue weighted by molar-refractivity contribution is 7.89. The molecule has 10 heteroatoms. The molecular formula is C17H27ClN4O4S. The second-order valence-electron chi connectivity index (χ2n) is 6.16. The molecule has 1 aliphatic rings. The molecule has 27 heavy (non-hydrogen) atoms. The van der Waals surface area contributed by atoms with Gasteiger partial charge in [-0.15, -0.1) is 12.4 Å². The topological polar surface area (TPSA) is 122 Å². The first kappa shape index (κ1) is 23.4. The number of nitrogens with one attached hydrogen (secondary N) is 2. The zero-order chi connectivity index (χ0) is 19.0. The van der Waals surface area contributed by atoms with Crippen molar-refractivity contribution in [2.75, 3.05) is 37.2 Å². The Morgan fingerprint density at radius 2 is 1.81 bits per heavy atom. The van der Waals surface area contributed by atoms with Crippen LogP contribution in [0.5, 0.6) is 0 Å². The Morgan fingerprint density at radius 1 is 1.15 bits per heavy atom. The van der Waals surface area contributed by atoms with Crippen LogP contribution >= 0.6 is 12.4 Å². The maximum atomic E-state index is 12.1. The molecule has 0 atom stereocenters. The summed E-state index contributed by atoms with van der Waals surface area (Å²) in [6.07, 6.45) is 2.10. The van der Waals surface area contributed by atoms with E-state index < -0.39 is 10.0 Å². The Hall–Kier alpha value is -1.68. The zero-order valence-electron chi connectivity index (χ0n) is 15.1. The number of carbonyl (C=O) groups is 2. The summed E-state index contributed by atoms with van der Waals surface area (Å²) in [6.45, 7) is 1.81. The summed E-state index contributed by atoms with van der Waals surface area (Å²) in [5, 5.41) is 5.34. The summed E-state index contributed by atoms with van der Waals surface area (Å²) in [5.41, 5.74) is 6.12. The highest BCUT2D eigenvalue weighted by Gasteiger charge is 2.25. The number of amides is 2. The van der Waals surface area contributed by atoms with E-state index in [0.717, 1.165) is 12.8 Å². The monoisotopic (exact) mass is 418 g/mol. The molecule has 4 N–H and O–H groups in total. The average molecular weight is 419 g/mol. The maximum absolute atomic E-state index is 12.1. The number of rotatable bonds is 9. The molecular weight excluding hydrogens is 392 g/mol. The summed E-state index contributed by atoms with van der Waals surface area (Å²) in [5.74, 6) is -0.678. The van der Waals surface area contributed by atoms with Crippen molar-refractivity contribution in [2.45, 2.75) is 25.7 Å². The number of benzene rings is 1. The first-order chi connectivity index (χ1) is 12.4. The van der Waals surface area contributed by atoms with Gasteiger partial charge in [-0.2, -0.15) is 0 Å². The third-order valence-corrected chi connectivity index (χ3v) is 6.10. The van der Waals surface area contributed by atoms with Crippen molar-refractivity contribution in [1.29, 1.82) is 0 Å². The smallest absolute Gasteiger partial charge is 0.253 e. The molecule has 0 unspecified atom stereocenters. The minimum Gasteiger partial charge on any atom is -0.351 e. The fourth-order valence-corrected chi connectivity index (χ4v) is 4.38. The summed E-state index contributed by atoms with van der Waals surface area (Å²) >= 11 is 0. The molecule has 2 amide bonds. The van der Waals surface area contributed by atoms with E-state index in [-0.39, 0.29) is 42.8 Å². The number of halogens is 1. The molecule has 1 aliphatic heterocycles. The summed E-state index contributed by atoms with van der Waals surface area (Å²) in [6, 6.07) is 6.67. The van der Waals surface area contributed by atoms with Crippen molar-refractivity contribution in [1.82, 2.24) is 9.62 Å². The van der Waals surface area contributed by atoms with Gasteiger partial charge in [-0.3, -0.25) is 9.59 Å². The van der Waals surface area contributed by atoms with Crippen molar-refractivity contribution in [3.63, 3.8) is 0 Å². The summed E-state index contributed by atoms with van der Waals surface area (Å²) in [4.78, 5) is 24.2. The van der Waals surface area contributed by atoms with Gasteiger partial charge in [-0.1, -0.05) is 12.1 Å². The van der Waals surface area contributed by atoms with Crippen LogP contribution in [0.3, 0.4) is 0 Å². The van der Waals surface area contributed by atoms with Crippen LogP contribution in [0.25, 0.3) is 0 Å². The quantitative estimate of drug-likeness (QED) is 0.551. The van der Waals surface area contributed by atoms with Crippen LogP contribution < -0.4 is 16.4 Å². The van der Waals surface area contributed by atoms with Crippen molar-refractivity contribution in [2.24, 2.45) is 5.73 Å². The molecule has 0 aliphatic carbocycles. The van der Waals surface area contributed by atoms with Crippen LogP contribution in [0.1, 0.15) is 36.0 Å². The Balaban J connectivity index is 0.00000364. The van der Waals surface area contributed by atoms with E-state index >= 15 is 0 Å². The highest BCUT2D eigenvalue weighted by Crippen LogP contribution is 2.17. The number of anilines is 1. The highest BCUT2D eigenvalue weighted by atomic mass is 35.5. The second kappa shape index (κ2) is 11.2. The molecule has 8 nitrogen and oxygen atoms in total. The van der Waals surface area contributed by atoms with Gasteiger partial charge in [-0.25, -0.2) is 12.7 Å². The largest absolute Gasteiger partial charge is 0.351 e. The van der Waals surface area contributed by atoms with E-state index in [4.69, 9.17) is 5.73 Å². The fraction of sp³-hybridized carbons (Fsp3) is 0.529. The standard InChI is InChI=1S/C17H26N4O4S.ClH/c18-9-10-19-17(23)14-6-1-2-7-15(14)20-16(22)8-5-13-26(24,25)21-11-3-4-12-21;/h1-2,6-7H,3-5,8-13,18H2,(H,19,23)(H,20,22);1H. The van der Waals surface area contributed by atoms with Gasteiger partial charge in [0, 0.05) is 32.6 Å². The number of sulfonamides is 1. The fourth-order valence-electron chi connectivity index (χ4n) is 2.79. The predicted molar refractivity (Wildman–Crippen MR) is 108 cm³/mol. The predicted octanol–water partition coefficient (Wildman–Crippen LogP) is 0.941. The van der Waals surface area contributed by atoms with Crippen LogP contribution in [-0.4, -0.2) is 56.5 Å². The molecule has 2 rings (SSSR count). The Kier molecular flexibility index (Phi) is 9.71. The summed E-state index contributed by atoms with van der Waals surface area (Å²) < 4.78 is 25.8. The van der Waals surface area contributed by atoms with Crippen molar-refractivity contribution >= 4 is 39.9 Å². The van der Waals surface area contributed by atoms with Gasteiger partial charge in [-0.05, 0) is 31.4 Å². The van der Waals surface area contributed by atoms with E-state index in [1.807, 2.05) is 0 Å². The first-order valence-corrected chi connectivity index (χ1v) is 10.4. The lowest BCUT2D eigenvalue weighted by atomic mass is 10.1. The molecule has 152 valence electrons. The van der Waals surface area contributed by atoms with Gasteiger partial charge in [0.25, 0.3) is 5.91 Å². The SMILES string of the molecule is Cl.NCCNC(=O)c1ccccc1NC(=O)CCCS(=O)(=O)N1CCCC1. The Labute approximate surface area is 166 Å². The van der Waals surface area contributed by atoms with Crippen LogP contribution in [0.2, 0.25) is 0 Å². The second-order valence-corrected chi connectivity index (χ2v) is 8.25. The molecule has 0 bridgehead atoms. The number of hydrogen-bond donors (Lipinski definition) is 3. The molecule has 1 aromatic rings. The molecule has 1 aromatic carbocycles. The van der Waals surface area contributed by atoms with E-state index in [1.165, 1.54) is 4.31 Å². The van der Waals surface area contributed by atoms with E-state index in [0.29, 0.717) is 37.4 Å². The lowest BCUT2D eigenvalue weighted by Crippen LogP contribution is -2.31. The normalized spacial score (nSPS) is 14.4. The van der Waals surface area contributed by atoms with Crippen molar-refractivity contribution in [3.05, 3.63) is 29.8 Å². The lowest BCUT2D eigenvalue weighted by molar-refractivity contribution is -0.116. The van der Waals surface area contributed by atoms with E-state index in [9.17, 15) is 18.0 Å². The molecule has 1 heterocycles. The Bertz CT molecular complexity index is 736. The minimum atomic E-state index is -3.28. The van der Waals surface area contributed by atoms with Gasteiger partial charge in [0.05, 0.1) is 17.0 Å². The molecule has 0 aromatic heterocycles. The molecule has 0 spiro atoms. The van der Waals surface area contributed by atoms with E-state index in [2.05, 4.69) is 10.6 Å². The van der Waals surface area contributed by atoms with Crippen LogP contribution in [0, 0.1) is 0 Å². The molecule has 0 radical (unpaired) electrons. The summed E-state index contributed by atoms with van der Waals surface area (Å²) in [7, 11) is -3.28. The number of nitrogens with two attached hydrogens (primary N) is 1. The number of nitrogens with zero attached hydrogens (tertiary/aromatic N) is 1. The van der Waals surface area contributed by atoms with Crippen LogP contribution in [0.15, 0.2) is 24.3 Å². The van der Waals surface area contributed by atoms with Gasteiger partial charge in [0.2, 0.25) is 15.9 Å². The van der Waals surface area contributed by atoms with Crippen LogP contribution in [0.4, 0.5) is 5.69 Å². The van der Waals surface area contributed by atoms with Crippen molar-refractivity contribution in [3.8, 4) is 0 Å². The van der Waals surface area contributed by atoms with Crippen molar-refractivity contribution < 1.29 is 18.0 Å². The van der Waals surface area contributed by atoms with Gasteiger partial charge in [0.15, 0.2) is 0 Å². The minimum absolute atomic E-state index is 0. The Morgan fingerprint density at radius 3 is 2.48 bits per heavy atom. The molecule has 1 fully saturated rings. The average Bonchev–Trinajstić information content (AvgIpc) is 3.15.